The number of amides is 2. The number of carbonyl (C=O) groups excluding carboxylic acids is 2. The summed E-state index contributed by atoms with van der Waals surface area (Å²) in [5.74, 6) is 0.250. The van der Waals surface area contributed by atoms with E-state index in [0.717, 1.165) is 62.8 Å². The van der Waals surface area contributed by atoms with Crippen LogP contribution in [-0.4, -0.2) is 68.9 Å². The second-order valence-corrected chi connectivity index (χ2v) is 9.08. The van der Waals surface area contributed by atoms with Gasteiger partial charge in [0, 0.05) is 12.6 Å². The molecule has 1 aromatic carbocycles. The van der Waals surface area contributed by atoms with E-state index in [-0.39, 0.29) is 17.9 Å². The highest BCUT2D eigenvalue weighted by Gasteiger charge is 2.48. The first kappa shape index (κ1) is 21.8. The fourth-order valence-corrected chi connectivity index (χ4v) is 5.08. The topological polar surface area (TPSA) is 70.5 Å². The smallest absolute Gasteiger partial charge is 0.290 e. The van der Waals surface area contributed by atoms with Gasteiger partial charge >= 0.3 is 0 Å². The van der Waals surface area contributed by atoms with Gasteiger partial charge in [0.2, 0.25) is 5.91 Å². The quantitative estimate of drug-likeness (QED) is 0.706. The van der Waals surface area contributed by atoms with Gasteiger partial charge in [0.05, 0.1) is 17.6 Å². The molecule has 31 heavy (non-hydrogen) atoms. The lowest BCUT2D eigenvalue weighted by Gasteiger charge is -2.44. The molecular formula is C24H35N5O2. The zero-order valence-corrected chi connectivity index (χ0v) is 19.1. The van der Waals surface area contributed by atoms with Crippen LogP contribution >= 0.6 is 0 Å². The van der Waals surface area contributed by atoms with Gasteiger partial charge in [-0.15, -0.1) is 0 Å². The van der Waals surface area contributed by atoms with Crippen LogP contribution in [0.4, 0.5) is 0 Å². The van der Waals surface area contributed by atoms with Gasteiger partial charge in [0.15, 0.2) is 5.82 Å². The summed E-state index contributed by atoms with van der Waals surface area (Å²) in [6, 6.07) is 8.00. The maximum absolute atomic E-state index is 13.6. The van der Waals surface area contributed by atoms with E-state index in [1.54, 1.807) is 4.90 Å². The highest BCUT2D eigenvalue weighted by atomic mass is 16.2. The predicted molar refractivity (Wildman–Crippen MR) is 122 cm³/mol. The van der Waals surface area contributed by atoms with Gasteiger partial charge in [0.25, 0.3) is 5.91 Å². The van der Waals surface area contributed by atoms with Crippen molar-refractivity contribution in [2.45, 2.75) is 71.0 Å². The Bertz CT molecular complexity index is 945. The number of nitrogens with one attached hydrogen (secondary N) is 1. The fourth-order valence-electron chi connectivity index (χ4n) is 5.08. The molecule has 2 aromatic rings. The fraction of sp³-hybridized carbons (Fsp3) is 0.625. The number of benzene rings is 1. The molecule has 2 aliphatic rings. The first-order valence-corrected chi connectivity index (χ1v) is 11.8. The van der Waals surface area contributed by atoms with Crippen molar-refractivity contribution < 1.29 is 9.59 Å². The average molecular weight is 426 g/mol. The molecule has 1 fully saturated rings. The molecule has 1 aliphatic carbocycles. The molecule has 0 radical (unpaired) electrons. The van der Waals surface area contributed by atoms with Crippen LogP contribution in [0.25, 0.3) is 11.0 Å². The minimum Gasteiger partial charge on any atom is -0.351 e. The van der Waals surface area contributed by atoms with E-state index in [4.69, 9.17) is 0 Å². The van der Waals surface area contributed by atoms with Gasteiger partial charge in [0.1, 0.15) is 5.54 Å². The van der Waals surface area contributed by atoms with Crippen LogP contribution in [0.3, 0.4) is 0 Å². The summed E-state index contributed by atoms with van der Waals surface area (Å²) in [5, 5.41) is 3.26. The van der Waals surface area contributed by atoms with Crippen molar-refractivity contribution in [1.82, 2.24) is 24.7 Å². The molecule has 0 spiro atoms. The number of hydrogen-bond donors (Lipinski definition) is 1. The minimum absolute atomic E-state index is 0.0426. The normalized spacial score (nSPS) is 21.8. The third-order valence-electron chi connectivity index (χ3n) is 7.08. The maximum Gasteiger partial charge on any atom is 0.290 e. The largest absolute Gasteiger partial charge is 0.351 e. The Hall–Kier alpha value is -2.41. The van der Waals surface area contributed by atoms with Gasteiger partial charge in [-0.25, -0.2) is 4.98 Å². The lowest BCUT2D eigenvalue weighted by atomic mass is 9.94. The molecule has 168 valence electrons. The molecule has 1 unspecified atom stereocenters. The summed E-state index contributed by atoms with van der Waals surface area (Å²) < 4.78 is 1.94. The molecule has 1 N–H and O–H groups in total. The van der Waals surface area contributed by atoms with Crippen LogP contribution in [-0.2, 0) is 11.3 Å². The number of rotatable bonds is 8. The summed E-state index contributed by atoms with van der Waals surface area (Å²) >= 11 is 0. The SMILES string of the molecule is CCN(CC)CCCN1C(=O)c2nc3ccccc3n2CC1(C)C(=O)NC1CCCC1. The second-order valence-electron chi connectivity index (χ2n) is 9.08. The van der Waals surface area contributed by atoms with E-state index in [1.165, 1.54) is 0 Å². The van der Waals surface area contributed by atoms with E-state index in [1.807, 2.05) is 35.8 Å². The number of nitrogens with zero attached hydrogens (tertiary/aromatic N) is 4. The Morgan fingerprint density at radius 2 is 1.94 bits per heavy atom. The van der Waals surface area contributed by atoms with E-state index in [0.29, 0.717) is 18.9 Å². The van der Waals surface area contributed by atoms with Crippen molar-refractivity contribution in [3.05, 3.63) is 30.1 Å². The van der Waals surface area contributed by atoms with Gasteiger partial charge in [-0.1, -0.05) is 38.8 Å². The summed E-state index contributed by atoms with van der Waals surface area (Å²) in [4.78, 5) is 35.9. The summed E-state index contributed by atoms with van der Waals surface area (Å²) in [5.41, 5.74) is 0.780. The third kappa shape index (κ3) is 4.07. The Kier molecular flexibility index (Phi) is 6.32. The third-order valence-corrected chi connectivity index (χ3v) is 7.08. The van der Waals surface area contributed by atoms with Crippen LogP contribution in [0.2, 0.25) is 0 Å². The zero-order valence-electron chi connectivity index (χ0n) is 19.1. The van der Waals surface area contributed by atoms with Crippen LogP contribution in [0.5, 0.6) is 0 Å². The Morgan fingerprint density at radius 1 is 1.23 bits per heavy atom. The molecule has 7 heteroatoms. The number of para-hydroxylation sites is 2. The molecule has 1 saturated carbocycles. The standard InChI is InChI=1S/C24H35N5O2/c1-4-27(5-2)15-10-16-29-22(30)21-26-19-13-8-9-14-20(19)28(21)17-24(29,3)23(31)25-18-11-6-7-12-18/h8-9,13-14,18H,4-7,10-12,15-17H2,1-3H3,(H,25,31). The molecule has 2 amide bonds. The van der Waals surface area contributed by atoms with Gasteiger partial charge in [-0.2, -0.15) is 0 Å². The zero-order chi connectivity index (χ0) is 22.0. The van der Waals surface area contributed by atoms with Crippen molar-refractivity contribution in [3.63, 3.8) is 0 Å². The first-order valence-electron chi connectivity index (χ1n) is 11.8. The number of imidazole rings is 1. The number of hydrogen-bond acceptors (Lipinski definition) is 4. The molecule has 1 aliphatic heterocycles. The van der Waals surface area contributed by atoms with Crippen LogP contribution in [0.1, 0.15) is 63.5 Å². The highest BCUT2D eigenvalue weighted by Crippen LogP contribution is 2.31. The molecule has 2 heterocycles. The number of fused-ring (bicyclic) bond motifs is 3. The molecule has 4 rings (SSSR count). The molecule has 1 atom stereocenters. The molecular weight excluding hydrogens is 390 g/mol. The number of aromatic nitrogens is 2. The summed E-state index contributed by atoms with van der Waals surface area (Å²) in [6.07, 6.45) is 5.20. The van der Waals surface area contributed by atoms with Crippen molar-refractivity contribution >= 4 is 22.8 Å². The van der Waals surface area contributed by atoms with Crippen LogP contribution in [0, 0.1) is 0 Å². The van der Waals surface area contributed by atoms with Crippen molar-refractivity contribution in [2.24, 2.45) is 0 Å². The number of carbonyl (C=O) groups is 2. The van der Waals surface area contributed by atoms with Gasteiger partial charge in [-0.05, 0) is 58.0 Å². The second kappa shape index (κ2) is 8.99. The van der Waals surface area contributed by atoms with E-state index < -0.39 is 5.54 Å². The highest BCUT2D eigenvalue weighted by molar-refractivity contribution is 6.01. The van der Waals surface area contributed by atoms with Crippen molar-refractivity contribution in [2.75, 3.05) is 26.2 Å². The Balaban J connectivity index is 1.64. The van der Waals surface area contributed by atoms with E-state index >= 15 is 0 Å². The monoisotopic (exact) mass is 425 g/mol. The van der Waals surface area contributed by atoms with Crippen molar-refractivity contribution in [3.8, 4) is 0 Å². The van der Waals surface area contributed by atoms with E-state index in [2.05, 4.69) is 29.0 Å². The van der Waals surface area contributed by atoms with Crippen LogP contribution in [0.15, 0.2) is 24.3 Å². The minimum atomic E-state index is -0.931. The Labute approximate surface area is 184 Å². The predicted octanol–water partition coefficient (Wildman–Crippen LogP) is 3.04. The van der Waals surface area contributed by atoms with Crippen LogP contribution < -0.4 is 5.32 Å². The van der Waals surface area contributed by atoms with E-state index in [9.17, 15) is 9.59 Å². The maximum atomic E-state index is 13.6. The Morgan fingerprint density at radius 3 is 2.65 bits per heavy atom. The van der Waals surface area contributed by atoms with Crippen molar-refractivity contribution in [1.29, 1.82) is 0 Å². The summed E-state index contributed by atoms with van der Waals surface area (Å²) in [7, 11) is 0. The lowest BCUT2D eigenvalue weighted by Crippen LogP contribution is -2.65. The first-order chi connectivity index (χ1) is 15.0. The van der Waals surface area contributed by atoms with Gasteiger partial charge in [-0.3, -0.25) is 9.59 Å². The average Bonchev–Trinajstić information content (AvgIpc) is 3.41. The molecule has 1 aromatic heterocycles. The lowest BCUT2D eigenvalue weighted by molar-refractivity contribution is -0.133. The molecule has 0 saturated heterocycles. The summed E-state index contributed by atoms with van der Waals surface area (Å²) in [6.45, 7) is 10.1. The molecule has 7 nitrogen and oxygen atoms in total. The van der Waals surface area contributed by atoms with Gasteiger partial charge < -0.3 is 19.7 Å². The molecule has 0 bridgehead atoms.